The Morgan fingerprint density at radius 2 is 2.50 bits per heavy atom. The number of ether oxygens (including phenoxy) is 1. The van der Waals surface area contributed by atoms with Gasteiger partial charge in [0.25, 0.3) is 0 Å². The van der Waals surface area contributed by atoms with Gasteiger partial charge < -0.3 is 9.15 Å². The van der Waals surface area contributed by atoms with Crippen LogP contribution in [0.4, 0.5) is 0 Å². The highest BCUT2D eigenvalue weighted by Gasteiger charge is 2.24. The van der Waals surface area contributed by atoms with Crippen LogP contribution in [0.5, 0.6) is 0 Å². The van der Waals surface area contributed by atoms with E-state index in [0.29, 0.717) is 0 Å². The number of H-pyrrole nitrogens is 1. The van der Waals surface area contributed by atoms with Crippen molar-refractivity contribution in [3.05, 3.63) is 41.6 Å². The first kappa shape index (κ1) is 11.5. The summed E-state index contributed by atoms with van der Waals surface area (Å²) >= 11 is 0. The van der Waals surface area contributed by atoms with Crippen LogP contribution >= 0.6 is 0 Å². The number of nitrogens with one attached hydrogen (secondary N) is 1. The summed E-state index contributed by atoms with van der Waals surface area (Å²) in [6, 6.07) is 3.87. The molecule has 5 heteroatoms. The molecule has 1 atom stereocenters. The molecule has 1 aliphatic rings. The number of hydrogen-bond acceptors (Lipinski definition) is 4. The average molecular weight is 247 g/mol. The molecule has 0 amide bonds. The van der Waals surface area contributed by atoms with E-state index in [2.05, 4.69) is 15.1 Å². The van der Waals surface area contributed by atoms with Crippen molar-refractivity contribution in [2.75, 3.05) is 19.7 Å². The number of nitrogens with zero attached hydrogens (tertiary/aromatic N) is 2. The molecule has 1 unspecified atom stereocenters. The first-order valence-corrected chi connectivity index (χ1v) is 6.19. The summed E-state index contributed by atoms with van der Waals surface area (Å²) in [5.74, 6) is 0.906. The predicted molar refractivity (Wildman–Crippen MR) is 66.0 cm³/mol. The smallest absolute Gasteiger partial charge is 0.133 e. The number of furan rings is 1. The largest absolute Gasteiger partial charge is 0.467 e. The number of aryl methyl sites for hydroxylation is 1. The molecule has 3 heterocycles. The van der Waals surface area contributed by atoms with Crippen LogP contribution in [0.15, 0.2) is 29.0 Å². The van der Waals surface area contributed by atoms with Gasteiger partial charge in [-0.05, 0) is 19.1 Å². The summed E-state index contributed by atoms with van der Waals surface area (Å²) in [5.41, 5.74) is 2.38. The Morgan fingerprint density at radius 3 is 3.22 bits per heavy atom. The highest BCUT2D eigenvalue weighted by Crippen LogP contribution is 2.23. The highest BCUT2D eigenvalue weighted by atomic mass is 16.5. The zero-order valence-corrected chi connectivity index (χ0v) is 10.4. The van der Waals surface area contributed by atoms with Gasteiger partial charge in [-0.2, -0.15) is 5.10 Å². The van der Waals surface area contributed by atoms with E-state index >= 15 is 0 Å². The summed E-state index contributed by atoms with van der Waals surface area (Å²) < 4.78 is 11.2. The quantitative estimate of drug-likeness (QED) is 0.899. The zero-order valence-electron chi connectivity index (χ0n) is 10.4. The van der Waals surface area contributed by atoms with Crippen molar-refractivity contribution >= 4 is 0 Å². The number of hydrogen-bond donors (Lipinski definition) is 1. The summed E-state index contributed by atoms with van der Waals surface area (Å²) in [6.45, 7) is 5.50. The molecule has 1 aliphatic heterocycles. The van der Waals surface area contributed by atoms with Crippen molar-refractivity contribution in [1.82, 2.24) is 15.1 Å². The summed E-state index contributed by atoms with van der Waals surface area (Å²) in [5, 5.41) is 7.03. The molecule has 2 aromatic heterocycles. The third-order valence-electron chi connectivity index (χ3n) is 3.34. The molecule has 0 radical (unpaired) electrons. The zero-order chi connectivity index (χ0) is 12.4. The van der Waals surface area contributed by atoms with Gasteiger partial charge in [0.05, 0.1) is 19.1 Å². The predicted octanol–water partition coefficient (Wildman–Crippen LogP) is 1.88. The van der Waals surface area contributed by atoms with E-state index in [1.165, 1.54) is 5.56 Å². The van der Waals surface area contributed by atoms with Gasteiger partial charge in [-0.3, -0.25) is 10.00 Å². The molecule has 0 spiro atoms. The molecule has 1 N–H and O–H groups in total. The van der Waals surface area contributed by atoms with Gasteiger partial charge in [-0.1, -0.05) is 0 Å². The summed E-state index contributed by atoms with van der Waals surface area (Å²) in [4.78, 5) is 2.37. The lowest BCUT2D eigenvalue weighted by molar-refractivity contribution is -0.0428. The lowest BCUT2D eigenvalue weighted by atomic mass is 10.2. The molecule has 0 saturated carbocycles. The maximum Gasteiger partial charge on any atom is 0.133 e. The van der Waals surface area contributed by atoms with Crippen molar-refractivity contribution in [3.8, 4) is 0 Å². The minimum Gasteiger partial charge on any atom is -0.467 e. The monoisotopic (exact) mass is 247 g/mol. The van der Waals surface area contributed by atoms with Crippen molar-refractivity contribution in [1.29, 1.82) is 0 Å². The van der Waals surface area contributed by atoms with Crippen molar-refractivity contribution in [2.24, 2.45) is 0 Å². The minimum atomic E-state index is 0.0426. The second kappa shape index (κ2) is 4.96. The molecule has 0 bridgehead atoms. The lowest BCUT2D eigenvalue weighted by Crippen LogP contribution is -2.37. The molecule has 2 aromatic rings. The summed E-state index contributed by atoms with van der Waals surface area (Å²) in [6.07, 6.45) is 3.63. The van der Waals surface area contributed by atoms with Crippen LogP contribution in [0.2, 0.25) is 0 Å². The Hall–Kier alpha value is -1.59. The Kier molecular flexibility index (Phi) is 3.17. The molecule has 5 nitrogen and oxygen atoms in total. The Morgan fingerprint density at radius 1 is 1.56 bits per heavy atom. The van der Waals surface area contributed by atoms with E-state index in [1.807, 2.05) is 25.3 Å². The number of morpholine rings is 1. The fourth-order valence-electron chi connectivity index (χ4n) is 2.27. The lowest BCUT2D eigenvalue weighted by Gasteiger charge is -2.31. The number of aromatic amines is 1. The Bertz CT molecular complexity index is 492. The first-order chi connectivity index (χ1) is 8.83. The van der Waals surface area contributed by atoms with E-state index in [-0.39, 0.29) is 6.10 Å². The molecular formula is C13H17N3O2. The maximum absolute atomic E-state index is 5.74. The highest BCUT2D eigenvalue weighted by molar-refractivity contribution is 5.14. The molecule has 1 saturated heterocycles. The van der Waals surface area contributed by atoms with E-state index in [4.69, 9.17) is 9.15 Å². The van der Waals surface area contributed by atoms with E-state index in [0.717, 1.165) is 37.7 Å². The van der Waals surface area contributed by atoms with Crippen LogP contribution in [-0.2, 0) is 11.3 Å². The number of aromatic nitrogens is 2. The van der Waals surface area contributed by atoms with Crippen LogP contribution in [0.1, 0.15) is 23.1 Å². The fraction of sp³-hybridized carbons (Fsp3) is 0.462. The molecular weight excluding hydrogens is 230 g/mol. The Balaban J connectivity index is 1.66. The van der Waals surface area contributed by atoms with Gasteiger partial charge in [0, 0.05) is 30.9 Å². The van der Waals surface area contributed by atoms with Crippen LogP contribution < -0.4 is 0 Å². The van der Waals surface area contributed by atoms with Crippen molar-refractivity contribution in [2.45, 2.75) is 19.6 Å². The molecule has 1 fully saturated rings. The molecule has 18 heavy (non-hydrogen) atoms. The second-order valence-corrected chi connectivity index (χ2v) is 4.63. The maximum atomic E-state index is 5.74. The molecule has 0 aliphatic carbocycles. The topological polar surface area (TPSA) is 54.3 Å². The average Bonchev–Trinajstić information content (AvgIpc) is 3.02. The van der Waals surface area contributed by atoms with Gasteiger partial charge in [-0.25, -0.2) is 0 Å². The van der Waals surface area contributed by atoms with E-state index < -0.39 is 0 Å². The van der Waals surface area contributed by atoms with Gasteiger partial charge in [-0.15, -0.1) is 0 Å². The van der Waals surface area contributed by atoms with Gasteiger partial charge in [0.2, 0.25) is 0 Å². The number of rotatable bonds is 3. The van der Waals surface area contributed by atoms with Crippen molar-refractivity contribution < 1.29 is 9.15 Å². The SMILES string of the molecule is Cc1[nH]ncc1CN1CCOC(c2ccco2)C1. The van der Waals surface area contributed by atoms with Crippen LogP contribution in [-0.4, -0.2) is 34.8 Å². The third kappa shape index (κ3) is 2.32. The van der Waals surface area contributed by atoms with Gasteiger partial charge >= 0.3 is 0 Å². The summed E-state index contributed by atoms with van der Waals surface area (Å²) in [7, 11) is 0. The standard InChI is InChI=1S/C13H17N3O2/c1-10-11(7-14-15-10)8-16-4-6-18-13(9-16)12-3-2-5-17-12/h2-3,5,7,13H,4,6,8-9H2,1H3,(H,14,15). The van der Waals surface area contributed by atoms with Crippen LogP contribution in [0.3, 0.4) is 0 Å². The molecule has 0 aromatic carbocycles. The van der Waals surface area contributed by atoms with Crippen LogP contribution in [0.25, 0.3) is 0 Å². The minimum absolute atomic E-state index is 0.0426. The molecule has 96 valence electrons. The molecule has 3 rings (SSSR count). The van der Waals surface area contributed by atoms with Gasteiger partial charge in [0.1, 0.15) is 11.9 Å². The fourth-order valence-corrected chi connectivity index (χ4v) is 2.27. The van der Waals surface area contributed by atoms with E-state index in [9.17, 15) is 0 Å². The second-order valence-electron chi connectivity index (χ2n) is 4.63. The first-order valence-electron chi connectivity index (χ1n) is 6.19. The normalized spacial score (nSPS) is 21.3. The van der Waals surface area contributed by atoms with Gasteiger partial charge in [0.15, 0.2) is 0 Å². The third-order valence-corrected chi connectivity index (χ3v) is 3.34. The van der Waals surface area contributed by atoms with E-state index in [1.54, 1.807) is 6.26 Å². The Labute approximate surface area is 106 Å². The van der Waals surface area contributed by atoms with Crippen LogP contribution in [0, 0.1) is 6.92 Å². The van der Waals surface area contributed by atoms with Crippen molar-refractivity contribution in [3.63, 3.8) is 0 Å².